The Balaban J connectivity index is 0.00000112. The van der Waals surface area contributed by atoms with Crippen molar-refractivity contribution in [2.24, 2.45) is 0 Å². The summed E-state index contributed by atoms with van der Waals surface area (Å²) in [6.07, 6.45) is 0. The van der Waals surface area contributed by atoms with E-state index >= 15 is 0 Å². The molecule has 0 aliphatic rings. The Bertz CT molecular complexity index is 400. The van der Waals surface area contributed by atoms with Gasteiger partial charge in [-0.3, -0.25) is 0 Å². The van der Waals surface area contributed by atoms with E-state index in [1.54, 1.807) is 11.3 Å². The molecule has 0 atom stereocenters. The summed E-state index contributed by atoms with van der Waals surface area (Å²) in [5.41, 5.74) is 2.22. The van der Waals surface area contributed by atoms with Gasteiger partial charge in [-0.05, 0) is 6.92 Å². The molecule has 15 heavy (non-hydrogen) atoms. The lowest BCUT2D eigenvalue weighted by Gasteiger charge is -1.95. The summed E-state index contributed by atoms with van der Waals surface area (Å²) >= 11 is 1.65. The molecule has 0 bridgehead atoms. The van der Waals surface area contributed by atoms with Crippen LogP contribution in [-0.4, -0.2) is 11.5 Å². The molecule has 0 radical (unpaired) electrons. The van der Waals surface area contributed by atoms with Crippen LogP contribution in [0.3, 0.4) is 0 Å². The maximum atomic E-state index is 4.48. The number of anilines is 1. The largest absolute Gasteiger partial charge is 1.00 e. The first-order valence-corrected chi connectivity index (χ1v) is 5.53. The van der Waals surface area contributed by atoms with Crippen molar-refractivity contribution < 1.29 is 17.0 Å². The molecule has 2 aromatic rings. The van der Waals surface area contributed by atoms with E-state index in [9.17, 15) is 0 Å². The van der Waals surface area contributed by atoms with Gasteiger partial charge in [-0.25, -0.2) is 4.98 Å². The van der Waals surface area contributed by atoms with Crippen LogP contribution in [-0.2, 0) is 0 Å². The number of nitrogens with one attached hydrogen (secondary N) is 1. The first-order chi connectivity index (χ1) is 6.90. The van der Waals surface area contributed by atoms with Gasteiger partial charge in [-0.1, -0.05) is 30.3 Å². The molecule has 1 aromatic heterocycles. The van der Waals surface area contributed by atoms with Crippen LogP contribution in [0.5, 0.6) is 0 Å². The molecule has 2 rings (SSSR count). The van der Waals surface area contributed by atoms with E-state index < -0.39 is 0 Å². The van der Waals surface area contributed by atoms with Crippen molar-refractivity contribution >= 4 is 16.5 Å². The van der Waals surface area contributed by atoms with Gasteiger partial charge in [-0.2, -0.15) is 0 Å². The smallest absolute Gasteiger partial charge is 0.183 e. The first-order valence-electron chi connectivity index (χ1n) is 4.65. The van der Waals surface area contributed by atoms with Gasteiger partial charge in [-0.15, -0.1) is 11.3 Å². The van der Waals surface area contributed by atoms with E-state index in [4.69, 9.17) is 0 Å². The van der Waals surface area contributed by atoms with Gasteiger partial charge < -0.3 is 22.3 Å². The van der Waals surface area contributed by atoms with Crippen LogP contribution >= 0.6 is 11.3 Å². The SMILES string of the molecule is CCNc1nc(-c2ccccc2)cs1.[Br-]. The fourth-order valence-electron chi connectivity index (χ4n) is 1.25. The predicted octanol–water partition coefficient (Wildman–Crippen LogP) is 0.246. The molecular formula is C11H12BrN2S-. The Morgan fingerprint density at radius 1 is 1.27 bits per heavy atom. The van der Waals surface area contributed by atoms with Crippen LogP contribution in [0, 0.1) is 0 Å². The second kappa shape index (κ2) is 5.88. The molecule has 80 valence electrons. The van der Waals surface area contributed by atoms with Gasteiger partial charge in [0.1, 0.15) is 0 Å². The van der Waals surface area contributed by atoms with E-state index in [1.165, 1.54) is 5.56 Å². The Kier molecular flexibility index (Phi) is 4.78. The standard InChI is InChI=1S/C11H12N2S.BrH/c1-2-12-11-13-10(8-14-11)9-6-4-3-5-7-9;/h3-8H,2H2,1H3,(H,12,13);1H/p-1. The van der Waals surface area contributed by atoms with Crippen molar-refractivity contribution in [2.75, 3.05) is 11.9 Å². The lowest BCUT2D eigenvalue weighted by atomic mass is 10.2. The van der Waals surface area contributed by atoms with E-state index in [1.807, 2.05) is 18.2 Å². The highest BCUT2D eigenvalue weighted by atomic mass is 79.9. The molecule has 1 aromatic carbocycles. The Hall–Kier alpha value is -0.870. The molecule has 0 unspecified atom stereocenters. The third kappa shape index (κ3) is 3.04. The number of hydrogen-bond acceptors (Lipinski definition) is 3. The quantitative estimate of drug-likeness (QED) is 0.874. The van der Waals surface area contributed by atoms with Gasteiger partial charge in [0.25, 0.3) is 0 Å². The second-order valence-electron chi connectivity index (χ2n) is 2.93. The number of halogens is 1. The number of rotatable bonds is 3. The molecule has 1 N–H and O–H groups in total. The van der Waals surface area contributed by atoms with Gasteiger partial charge >= 0.3 is 0 Å². The third-order valence-electron chi connectivity index (χ3n) is 1.90. The summed E-state index contributed by atoms with van der Waals surface area (Å²) < 4.78 is 0. The van der Waals surface area contributed by atoms with Gasteiger partial charge in [0, 0.05) is 17.5 Å². The van der Waals surface area contributed by atoms with Crippen molar-refractivity contribution in [3.05, 3.63) is 35.7 Å². The highest BCUT2D eigenvalue weighted by molar-refractivity contribution is 7.14. The molecule has 0 saturated carbocycles. The molecule has 0 fully saturated rings. The summed E-state index contributed by atoms with van der Waals surface area (Å²) in [4.78, 5) is 4.48. The summed E-state index contributed by atoms with van der Waals surface area (Å²) in [6, 6.07) is 10.2. The lowest BCUT2D eigenvalue weighted by Crippen LogP contribution is -3.00. The fourth-order valence-corrected chi connectivity index (χ4v) is 2.04. The normalized spacial score (nSPS) is 9.40. The van der Waals surface area contributed by atoms with Crippen LogP contribution in [0.1, 0.15) is 6.92 Å². The van der Waals surface area contributed by atoms with Gasteiger partial charge in [0.15, 0.2) is 5.13 Å². The number of aromatic nitrogens is 1. The number of nitrogens with zero attached hydrogens (tertiary/aromatic N) is 1. The zero-order valence-corrected chi connectivity index (χ0v) is 10.8. The van der Waals surface area contributed by atoms with Gasteiger partial charge in [0.05, 0.1) is 5.69 Å². The third-order valence-corrected chi connectivity index (χ3v) is 2.70. The van der Waals surface area contributed by atoms with Gasteiger partial charge in [0.2, 0.25) is 0 Å². The summed E-state index contributed by atoms with van der Waals surface area (Å²) in [7, 11) is 0. The Morgan fingerprint density at radius 2 is 2.00 bits per heavy atom. The van der Waals surface area contributed by atoms with Crippen LogP contribution < -0.4 is 22.3 Å². The summed E-state index contributed by atoms with van der Waals surface area (Å²) in [6.45, 7) is 2.99. The molecule has 0 aliphatic carbocycles. The number of benzene rings is 1. The zero-order valence-electron chi connectivity index (χ0n) is 8.40. The highest BCUT2D eigenvalue weighted by Crippen LogP contribution is 2.24. The number of hydrogen-bond donors (Lipinski definition) is 1. The van der Waals surface area contributed by atoms with Crippen molar-refractivity contribution in [1.29, 1.82) is 0 Å². The minimum Gasteiger partial charge on any atom is -1.00 e. The summed E-state index contributed by atoms with van der Waals surface area (Å²) in [5, 5.41) is 6.27. The second-order valence-corrected chi connectivity index (χ2v) is 3.79. The van der Waals surface area contributed by atoms with Crippen molar-refractivity contribution in [3.8, 4) is 11.3 Å². The molecule has 0 aliphatic heterocycles. The van der Waals surface area contributed by atoms with Crippen molar-refractivity contribution in [2.45, 2.75) is 6.92 Å². The maximum Gasteiger partial charge on any atom is 0.183 e. The van der Waals surface area contributed by atoms with Crippen molar-refractivity contribution in [1.82, 2.24) is 4.98 Å². The average molecular weight is 284 g/mol. The molecule has 4 heteroatoms. The van der Waals surface area contributed by atoms with Crippen LogP contribution in [0.2, 0.25) is 0 Å². The molecule has 1 heterocycles. The van der Waals surface area contributed by atoms with Crippen LogP contribution in [0.25, 0.3) is 11.3 Å². The molecule has 0 amide bonds. The monoisotopic (exact) mass is 283 g/mol. The Morgan fingerprint density at radius 3 is 2.67 bits per heavy atom. The first kappa shape index (κ1) is 12.2. The lowest BCUT2D eigenvalue weighted by molar-refractivity contribution is -0.00000283. The molecular weight excluding hydrogens is 272 g/mol. The molecule has 2 nitrogen and oxygen atoms in total. The predicted molar refractivity (Wildman–Crippen MR) is 61.7 cm³/mol. The minimum absolute atomic E-state index is 0. The average Bonchev–Trinajstić information content (AvgIpc) is 2.68. The number of thiazole rings is 1. The van der Waals surface area contributed by atoms with Crippen LogP contribution in [0.4, 0.5) is 5.13 Å². The zero-order chi connectivity index (χ0) is 9.80. The minimum atomic E-state index is 0. The molecule has 0 saturated heterocycles. The topological polar surface area (TPSA) is 24.9 Å². The fraction of sp³-hybridized carbons (Fsp3) is 0.182. The summed E-state index contributed by atoms with van der Waals surface area (Å²) in [5.74, 6) is 0. The van der Waals surface area contributed by atoms with E-state index in [0.29, 0.717) is 0 Å². The maximum absolute atomic E-state index is 4.48. The highest BCUT2D eigenvalue weighted by Gasteiger charge is 2.01. The molecule has 0 spiro atoms. The van der Waals surface area contributed by atoms with Crippen LogP contribution in [0.15, 0.2) is 35.7 Å². The van der Waals surface area contributed by atoms with E-state index in [2.05, 4.69) is 34.7 Å². The van der Waals surface area contributed by atoms with Crippen molar-refractivity contribution in [3.63, 3.8) is 0 Å². The van der Waals surface area contributed by atoms with E-state index in [-0.39, 0.29) is 17.0 Å². The van der Waals surface area contributed by atoms with E-state index in [0.717, 1.165) is 17.4 Å². The Labute approximate surface area is 104 Å².